The van der Waals surface area contributed by atoms with Crippen molar-refractivity contribution in [3.8, 4) is 5.75 Å². The molecule has 0 bridgehead atoms. The highest BCUT2D eigenvalue weighted by Crippen LogP contribution is 2.32. The fraction of sp³-hybridized carbons (Fsp3) is 0.500. The number of benzene rings is 1. The van der Waals surface area contributed by atoms with Gasteiger partial charge in [0.25, 0.3) is 9.05 Å². The molecule has 1 aromatic carbocycles. The molecule has 5 heteroatoms. The highest BCUT2D eigenvalue weighted by Gasteiger charge is 2.20. The van der Waals surface area contributed by atoms with Crippen molar-refractivity contribution < 1.29 is 13.2 Å². The van der Waals surface area contributed by atoms with Gasteiger partial charge in [0, 0.05) is 10.7 Å². The number of halogens is 1. The van der Waals surface area contributed by atoms with Gasteiger partial charge in [-0.15, -0.1) is 0 Å². The van der Waals surface area contributed by atoms with Crippen molar-refractivity contribution in [3.05, 3.63) is 23.3 Å². The molecule has 17 heavy (non-hydrogen) atoms. The molecule has 96 valence electrons. The van der Waals surface area contributed by atoms with Gasteiger partial charge in [-0.05, 0) is 43.0 Å². The first kappa shape index (κ1) is 14.3. The minimum atomic E-state index is -3.72. The molecule has 0 aliphatic heterocycles. The Labute approximate surface area is 107 Å². The van der Waals surface area contributed by atoms with Crippen molar-refractivity contribution >= 4 is 19.7 Å². The largest absolute Gasteiger partial charge is 0.494 e. The Bertz CT molecular complexity index is 507. The average molecular weight is 277 g/mol. The Kier molecular flexibility index (Phi) is 4.44. The summed E-state index contributed by atoms with van der Waals surface area (Å²) in [6.45, 7) is 8.09. The summed E-state index contributed by atoms with van der Waals surface area (Å²) in [5.41, 5.74) is 1.46. The maximum absolute atomic E-state index is 11.5. The molecule has 0 amide bonds. The molecule has 0 radical (unpaired) electrons. The lowest BCUT2D eigenvalue weighted by Gasteiger charge is -2.15. The molecule has 0 aliphatic rings. The SMILES string of the molecule is CCOc1cc(C(C)C)c(S(=O)(=O)Cl)cc1C. The fourth-order valence-corrected chi connectivity index (χ4v) is 2.95. The second kappa shape index (κ2) is 5.27. The molecule has 0 N–H and O–H groups in total. The van der Waals surface area contributed by atoms with Gasteiger partial charge in [-0.25, -0.2) is 8.42 Å². The summed E-state index contributed by atoms with van der Waals surface area (Å²) in [6.07, 6.45) is 0. The third-order valence-corrected chi connectivity index (χ3v) is 3.87. The molecule has 0 atom stereocenters. The van der Waals surface area contributed by atoms with Crippen molar-refractivity contribution in [1.82, 2.24) is 0 Å². The summed E-state index contributed by atoms with van der Waals surface area (Å²) in [7, 11) is 1.72. The Morgan fingerprint density at radius 1 is 1.35 bits per heavy atom. The third-order valence-electron chi connectivity index (χ3n) is 2.49. The van der Waals surface area contributed by atoms with Gasteiger partial charge in [-0.1, -0.05) is 13.8 Å². The average Bonchev–Trinajstić information content (AvgIpc) is 2.19. The number of hydrogen-bond acceptors (Lipinski definition) is 3. The molecule has 1 aromatic rings. The minimum Gasteiger partial charge on any atom is -0.494 e. The lowest BCUT2D eigenvalue weighted by atomic mass is 10.0. The van der Waals surface area contributed by atoms with Gasteiger partial charge in [0.1, 0.15) is 5.75 Å². The normalized spacial score (nSPS) is 11.9. The van der Waals surface area contributed by atoms with Gasteiger partial charge in [0.15, 0.2) is 0 Å². The van der Waals surface area contributed by atoms with E-state index in [0.29, 0.717) is 17.9 Å². The highest BCUT2D eigenvalue weighted by molar-refractivity contribution is 8.13. The predicted octanol–water partition coefficient (Wildman–Crippen LogP) is 3.44. The second-order valence-corrected chi connectivity index (χ2v) is 6.72. The first-order chi connectivity index (χ1) is 7.77. The van der Waals surface area contributed by atoms with Crippen LogP contribution in [0.3, 0.4) is 0 Å². The molecule has 3 nitrogen and oxygen atoms in total. The second-order valence-electron chi connectivity index (χ2n) is 4.18. The highest BCUT2D eigenvalue weighted by atomic mass is 35.7. The van der Waals surface area contributed by atoms with E-state index in [2.05, 4.69) is 0 Å². The molecule has 0 saturated carbocycles. The zero-order valence-corrected chi connectivity index (χ0v) is 12.0. The summed E-state index contributed by atoms with van der Waals surface area (Å²) in [5, 5.41) is 0. The van der Waals surface area contributed by atoms with Crippen LogP contribution in [-0.2, 0) is 9.05 Å². The Morgan fingerprint density at radius 3 is 2.35 bits per heavy atom. The van der Waals surface area contributed by atoms with E-state index in [4.69, 9.17) is 15.4 Å². The summed E-state index contributed by atoms with van der Waals surface area (Å²) in [5.74, 6) is 0.776. The summed E-state index contributed by atoms with van der Waals surface area (Å²) in [6, 6.07) is 3.33. The molecule has 0 aromatic heterocycles. The smallest absolute Gasteiger partial charge is 0.261 e. The van der Waals surface area contributed by atoms with E-state index in [1.807, 2.05) is 20.8 Å². The lowest BCUT2D eigenvalue weighted by Crippen LogP contribution is -2.03. The van der Waals surface area contributed by atoms with Crippen LogP contribution in [0, 0.1) is 6.92 Å². The van der Waals surface area contributed by atoms with Crippen LogP contribution in [0.5, 0.6) is 5.75 Å². The maximum Gasteiger partial charge on any atom is 0.261 e. The van der Waals surface area contributed by atoms with Crippen LogP contribution in [0.15, 0.2) is 17.0 Å². The molecule has 0 aliphatic carbocycles. The Hall–Kier alpha value is -0.740. The molecule has 0 heterocycles. The van der Waals surface area contributed by atoms with E-state index in [1.54, 1.807) is 19.1 Å². The van der Waals surface area contributed by atoms with Crippen LogP contribution in [0.2, 0.25) is 0 Å². The topological polar surface area (TPSA) is 43.4 Å². The number of ether oxygens (including phenoxy) is 1. The van der Waals surface area contributed by atoms with E-state index >= 15 is 0 Å². The summed E-state index contributed by atoms with van der Waals surface area (Å²) in [4.78, 5) is 0.176. The van der Waals surface area contributed by atoms with E-state index < -0.39 is 9.05 Å². The van der Waals surface area contributed by atoms with Crippen molar-refractivity contribution in [2.24, 2.45) is 0 Å². The van der Waals surface area contributed by atoms with Crippen molar-refractivity contribution in [2.45, 2.75) is 38.5 Å². The lowest BCUT2D eigenvalue weighted by molar-refractivity contribution is 0.337. The molecular weight excluding hydrogens is 260 g/mol. The van der Waals surface area contributed by atoms with E-state index in [1.165, 1.54) is 0 Å². The number of rotatable bonds is 4. The van der Waals surface area contributed by atoms with Gasteiger partial charge in [0.05, 0.1) is 11.5 Å². The van der Waals surface area contributed by atoms with E-state index in [0.717, 1.165) is 5.56 Å². The quantitative estimate of drug-likeness (QED) is 0.791. The first-order valence-corrected chi connectivity index (χ1v) is 7.80. The predicted molar refractivity (Wildman–Crippen MR) is 69.5 cm³/mol. The van der Waals surface area contributed by atoms with E-state index in [-0.39, 0.29) is 10.8 Å². The number of aryl methyl sites for hydroxylation is 1. The Morgan fingerprint density at radius 2 is 1.94 bits per heavy atom. The molecule has 0 spiro atoms. The molecule has 0 unspecified atom stereocenters. The third kappa shape index (κ3) is 3.36. The summed E-state index contributed by atoms with van der Waals surface area (Å²) < 4.78 is 28.5. The van der Waals surface area contributed by atoms with Gasteiger partial charge in [0.2, 0.25) is 0 Å². The maximum atomic E-state index is 11.5. The van der Waals surface area contributed by atoms with Crippen molar-refractivity contribution in [2.75, 3.05) is 6.61 Å². The van der Waals surface area contributed by atoms with Gasteiger partial charge >= 0.3 is 0 Å². The van der Waals surface area contributed by atoms with Crippen LogP contribution < -0.4 is 4.74 Å². The monoisotopic (exact) mass is 276 g/mol. The van der Waals surface area contributed by atoms with Crippen LogP contribution in [-0.4, -0.2) is 15.0 Å². The van der Waals surface area contributed by atoms with E-state index in [9.17, 15) is 8.42 Å². The van der Waals surface area contributed by atoms with Crippen molar-refractivity contribution in [3.63, 3.8) is 0 Å². The van der Waals surface area contributed by atoms with Gasteiger partial charge < -0.3 is 4.74 Å². The van der Waals surface area contributed by atoms with Crippen LogP contribution in [0.4, 0.5) is 0 Å². The summed E-state index contributed by atoms with van der Waals surface area (Å²) >= 11 is 0. The Balaban J connectivity index is 3.47. The van der Waals surface area contributed by atoms with Crippen molar-refractivity contribution in [1.29, 1.82) is 0 Å². The van der Waals surface area contributed by atoms with Gasteiger partial charge in [-0.3, -0.25) is 0 Å². The van der Waals surface area contributed by atoms with Crippen LogP contribution in [0.1, 0.15) is 37.8 Å². The first-order valence-electron chi connectivity index (χ1n) is 5.49. The van der Waals surface area contributed by atoms with Crippen LogP contribution >= 0.6 is 10.7 Å². The number of hydrogen-bond donors (Lipinski definition) is 0. The molecule has 0 fully saturated rings. The zero-order valence-electron chi connectivity index (χ0n) is 10.5. The molecule has 1 rings (SSSR count). The minimum absolute atomic E-state index is 0.0679. The fourth-order valence-electron chi connectivity index (χ4n) is 1.65. The van der Waals surface area contributed by atoms with Gasteiger partial charge in [-0.2, -0.15) is 0 Å². The molecular formula is C12H17ClO3S. The molecule has 0 saturated heterocycles. The van der Waals surface area contributed by atoms with Crippen LogP contribution in [0.25, 0.3) is 0 Å². The zero-order chi connectivity index (χ0) is 13.2. The standard InChI is InChI=1S/C12H17ClO3S/c1-5-16-11-7-10(8(2)3)12(6-9(11)4)17(13,14)15/h6-8H,5H2,1-4H3.